The fraction of sp³-hybridized carbons (Fsp3) is 0.533. The Kier molecular flexibility index (Phi) is 7.86. The average Bonchev–Trinajstić information content (AvgIpc) is 2.37. The van der Waals surface area contributed by atoms with Crippen LogP contribution in [0.15, 0.2) is 24.3 Å². The number of hydrogen-bond donors (Lipinski definition) is 2. The molecular weight excluding hydrogens is 240 g/mol. The van der Waals surface area contributed by atoms with Gasteiger partial charge in [-0.15, -0.1) is 0 Å². The summed E-state index contributed by atoms with van der Waals surface area (Å²) in [5.41, 5.74) is 1.98. The lowest BCUT2D eigenvalue weighted by molar-refractivity contribution is -0.115. The summed E-state index contributed by atoms with van der Waals surface area (Å²) in [6.45, 7) is 6.79. The number of rotatable bonds is 9. The number of benzene rings is 1. The molecule has 0 bridgehead atoms. The largest absolute Gasteiger partial charge is 0.381 e. The van der Waals surface area contributed by atoms with Gasteiger partial charge in [0.05, 0.1) is 6.54 Å². The molecule has 106 valence electrons. The molecule has 0 unspecified atom stereocenters. The van der Waals surface area contributed by atoms with E-state index < -0.39 is 0 Å². The van der Waals surface area contributed by atoms with Crippen molar-refractivity contribution in [3.05, 3.63) is 29.8 Å². The zero-order valence-electron chi connectivity index (χ0n) is 11.9. The first-order valence-corrected chi connectivity index (χ1v) is 6.87. The van der Waals surface area contributed by atoms with E-state index in [9.17, 15) is 4.79 Å². The van der Waals surface area contributed by atoms with E-state index in [0.29, 0.717) is 6.54 Å². The van der Waals surface area contributed by atoms with Gasteiger partial charge in [-0.2, -0.15) is 0 Å². The van der Waals surface area contributed by atoms with E-state index in [1.807, 2.05) is 31.2 Å². The molecule has 0 spiro atoms. The molecule has 0 heterocycles. The molecule has 1 amide bonds. The van der Waals surface area contributed by atoms with Crippen molar-refractivity contribution in [2.24, 2.45) is 0 Å². The first kappa shape index (κ1) is 15.7. The van der Waals surface area contributed by atoms with Crippen LogP contribution in [-0.2, 0) is 9.53 Å². The summed E-state index contributed by atoms with van der Waals surface area (Å²) in [5, 5.41) is 5.97. The number of amides is 1. The molecule has 1 aromatic rings. The second kappa shape index (κ2) is 9.53. The third kappa shape index (κ3) is 7.59. The summed E-state index contributed by atoms with van der Waals surface area (Å²) in [7, 11) is 0. The molecule has 0 aromatic heterocycles. The Bertz CT molecular complexity index is 380. The molecule has 1 rings (SSSR count). The maximum absolute atomic E-state index is 11.7. The normalized spacial score (nSPS) is 10.4. The molecule has 0 aliphatic rings. The van der Waals surface area contributed by atoms with E-state index >= 15 is 0 Å². The Balaban J connectivity index is 2.08. The molecule has 0 aliphatic carbocycles. The zero-order chi connectivity index (χ0) is 13.9. The van der Waals surface area contributed by atoms with Gasteiger partial charge >= 0.3 is 0 Å². The summed E-state index contributed by atoms with van der Waals surface area (Å²) in [4.78, 5) is 11.7. The summed E-state index contributed by atoms with van der Waals surface area (Å²) in [6, 6.07) is 7.79. The molecule has 4 heteroatoms. The highest BCUT2D eigenvalue weighted by Crippen LogP contribution is 2.08. The van der Waals surface area contributed by atoms with Gasteiger partial charge in [-0.3, -0.25) is 4.79 Å². The Hall–Kier alpha value is -1.39. The van der Waals surface area contributed by atoms with Crippen molar-refractivity contribution >= 4 is 11.6 Å². The highest BCUT2D eigenvalue weighted by atomic mass is 16.5. The Labute approximate surface area is 115 Å². The predicted molar refractivity (Wildman–Crippen MR) is 78.4 cm³/mol. The van der Waals surface area contributed by atoms with Gasteiger partial charge in [0.15, 0.2) is 0 Å². The molecule has 0 radical (unpaired) electrons. The molecule has 0 fully saturated rings. The van der Waals surface area contributed by atoms with Crippen molar-refractivity contribution in [2.45, 2.75) is 26.7 Å². The monoisotopic (exact) mass is 264 g/mol. The third-order valence-electron chi connectivity index (χ3n) is 2.58. The number of ether oxygens (including phenoxy) is 1. The van der Waals surface area contributed by atoms with Gasteiger partial charge in [0.25, 0.3) is 0 Å². The van der Waals surface area contributed by atoms with Crippen LogP contribution in [0, 0.1) is 6.92 Å². The van der Waals surface area contributed by atoms with Crippen molar-refractivity contribution in [2.75, 3.05) is 31.6 Å². The van der Waals surface area contributed by atoms with Gasteiger partial charge in [-0.25, -0.2) is 0 Å². The third-order valence-corrected chi connectivity index (χ3v) is 2.58. The van der Waals surface area contributed by atoms with Crippen molar-refractivity contribution < 1.29 is 9.53 Å². The number of hydrogen-bond acceptors (Lipinski definition) is 3. The van der Waals surface area contributed by atoms with Crippen molar-refractivity contribution in [3.63, 3.8) is 0 Å². The molecule has 0 saturated carbocycles. The maximum Gasteiger partial charge on any atom is 0.238 e. The molecular formula is C15H24N2O2. The van der Waals surface area contributed by atoms with Gasteiger partial charge in [0, 0.05) is 18.9 Å². The first-order valence-electron chi connectivity index (χ1n) is 6.87. The van der Waals surface area contributed by atoms with Crippen LogP contribution in [0.1, 0.15) is 25.3 Å². The second-order valence-electron chi connectivity index (χ2n) is 4.56. The van der Waals surface area contributed by atoms with Crippen LogP contribution in [0.25, 0.3) is 0 Å². The highest BCUT2D eigenvalue weighted by Gasteiger charge is 2.01. The summed E-state index contributed by atoms with van der Waals surface area (Å²) in [6.07, 6.45) is 1.98. The number of nitrogens with one attached hydrogen (secondary N) is 2. The van der Waals surface area contributed by atoms with Crippen LogP contribution < -0.4 is 10.6 Å². The maximum atomic E-state index is 11.7. The Morgan fingerprint density at radius 1 is 1.32 bits per heavy atom. The van der Waals surface area contributed by atoms with E-state index in [1.165, 1.54) is 0 Å². The number of carbonyl (C=O) groups excluding carboxylic acids is 1. The molecule has 0 atom stereocenters. The number of aryl methyl sites for hydroxylation is 1. The second-order valence-corrected chi connectivity index (χ2v) is 4.56. The standard InChI is InChI=1S/C15H24N2O2/c1-3-9-19-10-5-8-16-12-15(18)17-14-7-4-6-13(2)11-14/h4,6-7,11,16H,3,5,8-10,12H2,1-2H3,(H,17,18). The van der Waals surface area contributed by atoms with Gasteiger partial charge in [-0.1, -0.05) is 19.1 Å². The molecule has 0 saturated heterocycles. The number of anilines is 1. The van der Waals surface area contributed by atoms with Crippen molar-refractivity contribution in [1.82, 2.24) is 5.32 Å². The van der Waals surface area contributed by atoms with Crippen LogP contribution in [0.5, 0.6) is 0 Å². The Morgan fingerprint density at radius 2 is 2.16 bits per heavy atom. The van der Waals surface area contributed by atoms with Crippen molar-refractivity contribution in [1.29, 1.82) is 0 Å². The summed E-state index contributed by atoms with van der Waals surface area (Å²) < 4.78 is 5.36. The molecule has 0 aliphatic heterocycles. The van der Waals surface area contributed by atoms with Gasteiger partial charge < -0.3 is 15.4 Å². The van der Waals surface area contributed by atoms with Gasteiger partial charge in [0.1, 0.15) is 0 Å². The lowest BCUT2D eigenvalue weighted by atomic mass is 10.2. The average molecular weight is 264 g/mol. The molecule has 1 aromatic carbocycles. The fourth-order valence-corrected chi connectivity index (χ4v) is 1.68. The molecule has 19 heavy (non-hydrogen) atoms. The minimum absolute atomic E-state index is 0.0138. The highest BCUT2D eigenvalue weighted by molar-refractivity contribution is 5.92. The SMILES string of the molecule is CCCOCCCNCC(=O)Nc1cccc(C)c1. The van der Waals surface area contributed by atoms with Crippen molar-refractivity contribution in [3.8, 4) is 0 Å². The van der Waals surface area contributed by atoms with Crippen LogP contribution in [0.4, 0.5) is 5.69 Å². The predicted octanol–water partition coefficient (Wildman–Crippen LogP) is 2.34. The van der Waals surface area contributed by atoms with Crippen LogP contribution >= 0.6 is 0 Å². The van der Waals surface area contributed by atoms with Gasteiger partial charge in [-0.05, 0) is 44.0 Å². The molecule has 4 nitrogen and oxygen atoms in total. The first-order chi connectivity index (χ1) is 9.22. The van der Waals surface area contributed by atoms with E-state index in [4.69, 9.17) is 4.74 Å². The Morgan fingerprint density at radius 3 is 2.89 bits per heavy atom. The van der Waals surface area contributed by atoms with E-state index in [2.05, 4.69) is 17.6 Å². The minimum Gasteiger partial charge on any atom is -0.381 e. The lowest BCUT2D eigenvalue weighted by Gasteiger charge is -2.07. The van der Waals surface area contributed by atoms with Gasteiger partial charge in [0.2, 0.25) is 5.91 Å². The topological polar surface area (TPSA) is 50.4 Å². The smallest absolute Gasteiger partial charge is 0.238 e. The summed E-state index contributed by atoms with van der Waals surface area (Å²) in [5.74, 6) is -0.0138. The lowest BCUT2D eigenvalue weighted by Crippen LogP contribution is -2.29. The van der Waals surface area contributed by atoms with Crippen LogP contribution in [0.2, 0.25) is 0 Å². The number of carbonyl (C=O) groups is 1. The van der Waals surface area contributed by atoms with Crippen LogP contribution in [0.3, 0.4) is 0 Å². The fourth-order valence-electron chi connectivity index (χ4n) is 1.68. The van der Waals surface area contributed by atoms with Crippen LogP contribution in [-0.4, -0.2) is 32.2 Å². The quantitative estimate of drug-likeness (QED) is 0.673. The minimum atomic E-state index is -0.0138. The van der Waals surface area contributed by atoms with E-state index in [-0.39, 0.29) is 5.91 Å². The zero-order valence-corrected chi connectivity index (χ0v) is 11.9. The molecule has 2 N–H and O–H groups in total. The summed E-state index contributed by atoms with van der Waals surface area (Å²) >= 11 is 0. The van der Waals surface area contributed by atoms with E-state index in [1.54, 1.807) is 0 Å². The van der Waals surface area contributed by atoms with E-state index in [0.717, 1.165) is 43.9 Å².